The van der Waals surface area contributed by atoms with Crippen LogP contribution >= 0.6 is 0 Å². The molecule has 0 aromatic carbocycles. The Balaban J connectivity index is 2.53. The van der Waals surface area contributed by atoms with Crippen LogP contribution in [-0.2, 0) is 4.84 Å². The van der Waals surface area contributed by atoms with Gasteiger partial charge >= 0.3 is 0 Å². The van der Waals surface area contributed by atoms with Crippen LogP contribution in [0.15, 0.2) is 36.1 Å². The molecule has 0 aromatic heterocycles. The second-order valence-corrected chi connectivity index (χ2v) is 2.30. The maximum absolute atomic E-state index is 5.08. The van der Waals surface area contributed by atoms with Crippen molar-refractivity contribution in [1.82, 2.24) is 5.06 Å². The van der Waals surface area contributed by atoms with Gasteiger partial charge in [-0.15, -0.1) is 6.42 Å². The van der Waals surface area contributed by atoms with Crippen molar-refractivity contribution in [1.29, 1.82) is 0 Å². The Morgan fingerprint density at radius 2 is 2.58 bits per heavy atom. The first-order valence-corrected chi connectivity index (χ1v) is 3.68. The third kappa shape index (κ3) is 2.30. The molecule has 1 rings (SSSR count). The van der Waals surface area contributed by atoms with Crippen LogP contribution in [0.5, 0.6) is 0 Å². The minimum absolute atomic E-state index is 0.761. The van der Waals surface area contributed by atoms with E-state index in [1.165, 1.54) is 0 Å². The highest BCUT2D eigenvalue weighted by Gasteiger charge is 1.99. The highest BCUT2D eigenvalue weighted by atomic mass is 16.7. The summed E-state index contributed by atoms with van der Waals surface area (Å²) in [6, 6.07) is 0. The third-order valence-electron chi connectivity index (χ3n) is 1.55. The number of rotatable bonds is 2. The molecule has 12 heavy (non-hydrogen) atoms. The first kappa shape index (κ1) is 8.63. The first-order chi connectivity index (χ1) is 5.86. The lowest BCUT2D eigenvalue weighted by atomic mass is 10.2. The van der Waals surface area contributed by atoms with E-state index in [0.717, 1.165) is 12.1 Å². The summed E-state index contributed by atoms with van der Waals surface area (Å²) in [6.07, 6.45) is 14.5. The quantitative estimate of drug-likeness (QED) is 0.569. The van der Waals surface area contributed by atoms with Crippen molar-refractivity contribution < 1.29 is 4.84 Å². The predicted molar refractivity (Wildman–Crippen MR) is 48.9 cm³/mol. The van der Waals surface area contributed by atoms with Crippen LogP contribution < -0.4 is 0 Å². The van der Waals surface area contributed by atoms with E-state index in [0.29, 0.717) is 0 Å². The molecule has 0 spiro atoms. The van der Waals surface area contributed by atoms with Crippen molar-refractivity contribution in [2.24, 2.45) is 0 Å². The SMILES string of the molecule is C#CC=CC1=CCN(OC)C=C1. The number of hydrogen-bond acceptors (Lipinski definition) is 2. The van der Waals surface area contributed by atoms with E-state index in [2.05, 4.69) is 5.92 Å². The molecule has 62 valence electrons. The number of hydroxylamine groups is 2. The number of hydrogen-bond donors (Lipinski definition) is 0. The maximum atomic E-state index is 5.08. The van der Waals surface area contributed by atoms with Crippen molar-refractivity contribution in [2.45, 2.75) is 0 Å². The zero-order chi connectivity index (χ0) is 8.81. The molecule has 2 nitrogen and oxygen atoms in total. The Morgan fingerprint density at radius 3 is 3.08 bits per heavy atom. The summed E-state index contributed by atoms with van der Waals surface area (Å²) in [5.41, 5.74) is 1.11. The standard InChI is InChI=1S/C10H11NO/c1-3-4-5-10-6-8-11(12-2)9-7-10/h1,4-8H,9H2,2H3. The summed E-state index contributed by atoms with van der Waals surface area (Å²) in [4.78, 5) is 4.98. The normalized spacial score (nSPS) is 16.3. The van der Waals surface area contributed by atoms with Crippen molar-refractivity contribution in [3.05, 3.63) is 36.1 Å². The fourth-order valence-corrected chi connectivity index (χ4v) is 0.897. The van der Waals surface area contributed by atoms with Crippen molar-refractivity contribution in [2.75, 3.05) is 13.7 Å². The predicted octanol–water partition coefficient (Wildman–Crippen LogP) is 1.49. The molecule has 0 saturated heterocycles. The molecule has 0 aliphatic carbocycles. The van der Waals surface area contributed by atoms with Crippen LogP contribution in [0, 0.1) is 12.3 Å². The van der Waals surface area contributed by atoms with Gasteiger partial charge in [0.15, 0.2) is 0 Å². The van der Waals surface area contributed by atoms with Gasteiger partial charge in [-0.25, -0.2) is 0 Å². The topological polar surface area (TPSA) is 12.5 Å². The van der Waals surface area contributed by atoms with E-state index in [1.54, 1.807) is 18.2 Å². The maximum Gasteiger partial charge on any atom is 0.0638 e. The Labute approximate surface area is 72.8 Å². The monoisotopic (exact) mass is 161 g/mol. The smallest absolute Gasteiger partial charge is 0.0638 e. The molecule has 0 bridgehead atoms. The van der Waals surface area contributed by atoms with E-state index in [4.69, 9.17) is 11.3 Å². The lowest BCUT2D eigenvalue weighted by Crippen LogP contribution is -2.17. The van der Waals surface area contributed by atoms with Gasteiger partial charge < -0.3 is 0 Å². The van der Waals surface area contributed by atoms with E-state index in [1.807, 2.05) is 24.4 Å². The molecule has 1 heterocycles. The minimum atomic E-state index is 0.761. The van der Waals surface area contributed by atoms with Gasteiger partial charge in [-0.2, -0.15) is 0 Å². The number of allylic oxidation sites excluding steroid dienone is 4. The highest BCUT2D eigenvalue weighted by Crippen LogP contribution is 2.07. The number of terminal acetylenes is 1. The molecule has 0 unspecified atom stereocenters. The van der Waals surface area contributed by atoms with Crippen LogP contribution in [-0.4, -0.2) is 18.7 Å². The van der Waals surface area contributed by atoms with Crippen LogP contribution in [0.2, 0.25) is 0 Å². The second-order valence-electron chi connectivity index (χ2n) is 2.30. The molecule has 0 N–H and O–H groups in total. The fourth-order valence-electron chi connectivity index (χ4n) is 0.897. The summed E-state index contributed by atoms with van der Waals surface area (Å²) < 4.78 is 0. The van der Waals surface area contributed by atoms with Crippen molar-refractivity contribution in [3.63, 3.8) is 0 Å². The Kier molecular flexibility index (Phi) is 3.18. The van der Waals surface area contributed by atoms with Gasteiger partial charge in [-0.3, -0.25) is 9.90 Å². The zero-order valence-corrected chi connectivity index (χ0v) is 7.03. The third-order valence-corrected chi connectivity index (χ3v) is 1.55. The Hall–Kier alpha value is -1.46. The average molecular weight is 161 g/mol. The number of nitrogens with zero attached hydrogens (tertiary/aromatic N) is 1. The summed E-state index contributed by atoms with van der Waals surface area (Å²) >= 11 is 0. The molecule has 0 aromatic rings. The molecular formula is C10H11NO. The molecule has 0 atom stereocenters. The summed E-state index contributed by atoms with van der Waals surface area (Å²) in [6.45, 7) is 0.761. The van der Waals surface area contributed by atoms with Crippen LogP contribution in [0.25, 0.3) is 0 Å². The lowest BCUT2D eigenvalue weighted by Gasteiger charge is -2.18. The first-order valence-electron chi connectivity index (χ1n) is 3.68. The summed E-state index contributed by atoms with van der Waals surface area (Å²) in [5.74, 6) is 2.44. The van der Waals surface area contributed by atoms with Gasteiger partial charge in [0, 0.05) is 6.20 Å². The summed E-state index contributed by atoms with van der Waals surface area (Å²) in [5, 5.41) is 1.73. The second kappa shape index (κ2) is 4.42. The molecule has 0 fully saturated rings. The van der Waals surface area contributed by atoms with E-state index in [9.17, 15) is 0 Å². The molecule has 1 aliphatic rings. The molecule has 1 aliphatic heterocycles. The van der Waals surface area contributed by atoms with Crippen LogP contribution in [0.3, 0.4) is 0 Å². The molecular weight excluding hydrogens is 150 g/mol. The van der Waals surface area contributed by atoms with Crippen molar-refractivity contribution >= 4 is 0 Å². The molecule has 0 amide bonds. The van der Waals surface area contributed by atoms with Gasteiger partial charge in [0.05, 0.1) is 13.7 Å². The molecule has 2 heteroatoms. The zero-order valence-electron chi connectivity index (χ0n) is 7.03. The minimum Gasteiger partial charge on any atom is -0.277 e. The van der Waals surface area contributed by atoms with E-state index < -0.39 is 0 Å². The van der Waals surface area contributed by atoms with Gasteiger partial charge in [0.2, 0.25) is 0 Å². The largest absolute Gasteiger partial charge is 0.277 e. The lowest BCUT2D eigenvalue weighted by molar-refractivity contribution is -0.0792. The van der Waals surface area contributed by atoms with Gasteiger partial charge in [-0.05, 0) is 23.8 Å². The summed E-state index contributed by atoms with van der Waals surface area (Å²) in [7, 11) is 1.64. The fraction of sp³-hybridized carbons (Fsp3) is 0.200. The Morgan fingerprint density at radius 1 is 1.75 bits per heavy atom. The molecule has 0 saturated carbocycles. The average Bonchev–Trinajstić information content (AvgIpc) is 2.15. The van der Waals surface area contributed by atoms with Gasteiger partial charge in [0.25, 0.3) is 0 Å². The van der Waals surface area contributed by atoms with Crippen LogP contribution in [0.1, 0.15) is 0 Å². The van der Waals surface area contributed by atoms with E-state index in [-0.39, 0.29) is 0 Å². The van der Waals surface area contributed by atoms with Gasteiger partial charge in [-0.1, -0.05) is 12.0 Å². The van der Waals surface area contributed by atoms with E-state index >= 15 is 0 Å². The van der Waals surface area contributed by atoms with Crippen LogP contribution in [0.4, 0.5) is 0 Å². The highest BCUT2D eigenvalue weighted by molar-refractivity contribution is 5.35. The Bertz CT molecular complexity index is 268. The van der Waals surface area contributed by atoms with Crippen molar-refractivity contribution in [3.8, 4) is 12.3 Å². The molecule has 0 radical (unpaired) electrons. The van der Waals surface area contributed by atoms with Gasteiger partial charge in [0.1, 0.15) is 0 Å².